The van der Waals surface area contributed by atoms with Gasteiger partial charge in [-0.2, -0.15) is 8.42 Å². The number of anilines is 1. The second-order valence-electron chi connectivity index (χ2n) is 11.1. The van der Waals surface area contributed by atoms with Crippen molar-refractivity contribution in [3.8, 4) is 11.5 Å². The summed E-state index contributed by atoms with van der Waals surface area (Å²) in [5.74, 6) is -1.21. The van der Waals surface area contributed by atoms with E-state index in [9.17, 15) is 13.2 Å². The number of rotatable bonds is 14. The van der Waals surface area contributed by atoms with Gasteiger partial charge in [-0.3, -0.25) is 4.79 Å². The molecule has 0 spiro atoms. The highest BCUT2D eigenvalue weighted by atomic mass is 32.2. The number of hydrogen-bond donors (Lipinski definition) is 1. The van der Waals surface area contributed by atoms with E-state index in [0.717, 1.165) is 11.6 Å². The number of amides is 1. The summed E-state index contributed by atoms with van der Waals surface area (Å²) in [7, 11) is -5.46. The molecule has 1 heterocycles. The molecule has 0 radical (unpaired) electrons. The third kappa shape index (κ3) is 8.19. The van der Waals surface area contributed by atoms with Crippen LogP contribution in [0.2, 0.25) is 25.7 Å². The number of benzene rings is 3. The van der Waals surface area contributed by atoms with Crippen molar-refractivity contribution < 1.29 is 36.6 Å². The van der Waals surface area contributed by atoms with E-state index in [4.69, 9.17) is 18.9 Å². The minimum absolute atomic E-state index is 0.00108. The van der Waals surface area contributed by atoms with E-state index in [1.54, 1.807) is 18.2 Å². The average molecular weight is 605 g/mol. The van der Waals surface area contributed by atoms with E-state index >= 15 is 4.39 Å². The maximum atomic E-state index is 16.1. The quantitative estimate of drug-likeness (QED) is 0.153. The van der Waals surface area contributed by atoms with Crippen molar-refractivity contribution in [3.05, 3.63) is 66.0 Å². The van der Waals surface area contributed by atoms with Crippen LogP contribution in [0.5, 0.6) is 11.5 Å². The molecule has 222 valence electrons. The minimum atomic E-state index is -4.29. The van der Waals surface area contributed by atoms with Gasteiger partial charge < -0.3 is 18.9 Å². The van der Waals surface area contributed by atoms with Crippen molar-refractivity contribution in [1.82, 2.24) is 4.72 Å². The van der Waals surface area contributed by atoms with Gasteiger partial charge in [0.2, 0.25) is 0 Å². The van der Waals surface area contributed by atoms with Gasteiger partial charge in [0.1, 0.15) is 43.7 Å². The molecule has 1 atom stereocenters. The van der Waals surface area contributed by atoms with Crippen molar-refractivity contribution in [1.29, 1.82) is 0 Å². The topological polar surface area (TPSA) is 103 Å². The predicted octanol–water partition coefficient (Wildman–Crippen LogP) is 5.23. The molecule has 1 N–H and O–H groups in total. The fourth-order valence-corrected chi connectivity index (χ4v) is 6.08. The van der Waals surface area contributed by atoms with Crippen LogP contribution in [0.25, 0.3) is 10.8 Å². The summed E-state index contributed by atoms with van der Waals surface area (Å²) in [5, 5.41) is 0.611. The third-order valence-corrected chi connectivity index (χ3v) is 9.65. The lowest BCUT2D eigenvalue weighted by Crippen LogP contribution is -2.30. The molecule has 1 unspecified atom stereocenters. The van der Waals surface area contributed by atoms with Gasteiger partial charge in [-0.25, -0.2) is 13.4 Å². The lowest BCUT2D eigenvalue weighted by atomic mass is 10.1. The van der Waals surface area contributed by atoms with Crippen LogP contribution in [0.3, 0.4) is 0 Å². The zero-order chi connectivity index (χ0) is 29.6. The molecule has 41 heavy (non-hydrogen) atoms. The molecule has 0 saturated carbocycles. The van der Waals surface area contributed by atoms with Gasteiger partial charge in [-0.15, -0.1) is 0 Å². The average Bonchev–Trinajstić information content (AvgIpc) is 3.20. The first-order valence-corrected chi connectivity index (χ1v) is 18.7. The Bertz CT molecular complexity index is 1470. The lowest BCUT2D eigenvalue weighted by Gasteiger charge is -2.21. The largest absolute Gasteiger partial charge is 0.491 e. The molecule has 12 heteroatoms. The molecule has 0 aliphatic carbocycles. The zero-order valence-electron chi connectivity index (χ0n) is 23.8. The lowest BCUT2D eigenvalue weighted by molar-refractivity contribution is -0.117. The molecule has 1 amide bonds. The first-order valence-electron chi connectivity index (χ1n) is 13.6. The Morgan fingerprint density at radius 2 is 1.83 bits per heavy atom. The number of carbonyl (C=O) groups excluding carboxylic acids is 1. The van der Waals surface area contributed by atoms with Gasteiger partial charge >= 0.3 is 10.2 Å². The fourth-order valence-electron chi connectivity index (χ4n) is 4.16. The van der Waals surface area contributed by atoms with Crippen molar-refractivity contribution in [2.45, 2.75) is 51.7 Å². The van der Waals surface area contributed by atoms with Crippen molar-refractivity contribution in [3.63, 3.8) is 0 Å². The summed E-state index contributed by atoms with van der Waals surface area (Å²) >= 11 is 0. The van der Waals surface area contributed by atoms with E-state index in [0.29, 0.717) is 28.5 Å². The van der Waals surface area contributed by atoms with Crippen LogP contribution in [-0.4, -0.2) is 55.1 Å². The van der Waals surface area contributed by atoms with Crippen molar-refractivity contribution >= 4 is 40.7 Å². The zero-order valence-corrected chi connectivity index (χ0v) is 25.6. The Morgan fingerprint density at radius 3 is 2.49 bits per heavy atom. The Morgan fingerprint density at radius 1 is 1.07 bits per heavy atom. The molecule has 1 saturated heterocycles. The van der Waals surface area contributed by atoms with Gasteiger partial charge in [0.15, 0.2) is 5.82 Å². The Kier molecular flexibility index (Phi) is 9.90. The molecule has 1 aliphatic heterocycles. The third-order valence-electron chi connectivity index (χ3n) is 6.57. The van der Waals surface area contributed by atoms with Crippen molar-refractivity contribution in [2.24, 2.45) is 0 Å². The van der Waals surface area contributed by atoms with Crippen LogP contribution in [0.1, 0.15) is 18.9 Å². The molecule has 0 bridgehead atoms. The molecule has 1 fully saturated rings. The SMILES string of the molecule is CCC(COc1ccc2cc(OCc3ccccc3)c(N3CC(=O)NS3(=O)=O)c(F)c2c1)OCOCC[Si](C)(C)C. The predicted molar refractivity (Wildman–Crippen MR) is 159 cm³/mol. The van der Waals surface area contributed by atoms with E-state index in [-0.39, 0.29) is 42.9 Å². The summed E-state index contributed by atoms with van der Waals surface area (Å²) in [5.41, 5.74) is 0.476. The molecular formula is C29H37FN2O7SSi. The first kappa shape index (κ1) is 30.8. The molecule has 0 aromatic heterocycles. The maximum Gasteiger partial charge on any atom is 0.326 e. The van der Waals surface area contributed by atoms with Crippen LogP contribution < -0.4 is 18.5 Å². The Labute approximate surface area is 241 Å². The summed E-state index contributed by atoms with van der Waals surface area (Å²) in [6.45, 7) is 9.41. The highest BCUT2D eigenvalue weighted by Gasteiger charge is 2.38. The summed E-state index contributed by atoms with van der Waals surface area (Å²) < 4.78 is 67.3. The van der Waals surface area contributed by atoms with Crippen LogP contribution >= 0.6 is 0 Å². The second kappa shape index (κ2) is 13.2. The van der Waals surface area contributed by atoms with Gasteiger partial charge in [0, 0.05) is 20.1 Å². The normalized spacial score (nSPS) is 15.6. The maximum absolute atomic E-state index is 16.1. The van der Waals surface area contributed by atoms with Crippen LogP contribution in [0.15, 0.2) is 54.6 Å². The van der Waals surface area contributed by atoms with Gasteiger partial charge in [0.05, 0.1) is 6.10 Å². The van der Waals surface area contributed by atoms with Crippen molar-refractivity contribution in [2.75, 3.05) is 30.9 Å². The molecular weight excluding hydrogens is 567 g/mol. The van der Waals surface area contributed by atoms with Gasteiger partial charge in [-0.05, 0) is 41.6 Å². The number of hydrogen-bond acceptors (Lipinski definition) is 7. The van der Waals surface area contributed by atoms with Crippen LogP contribution in [-0.2, 0) is 31.1 Å². The number of carbonyl (C=O) groups is 1. The van der Waals surface area contributed by atoms with Gasteiger partial charge in [-0.1, -0.05) is 63.0 Å². The molecule has 3 aromatic carbocycles. The number of fused-ring (bicyclic) bond motifs is 1. The molecule has 9 nitrogen and oxygen atoms in total. The van der Waals surface area contributed by atoms with Crippen LogP contribution in [0.4, 0.5) is 10.1 Å². The molecule has 4 rings (SSSR count). The number of nitrogens with zero attached hydrogens (tertiary/aromatic N) is 1. The number of nitrogens with one attached hydrogen (secondary N) is 1. The molecule has 3 aromatic rings. The fraction of sp³-hybridized carbons (Fsp3) is 0.414. The van der Waals surface area contributed by atoms with Crippen LogP contribution in [0, 0.1) is 5.82 Å². The monoisotopic (exact) mass is 604 g/mol. The standard InChI is InChI=1S/C29H37FN2O7SSi/c1-5-23(39-20-36-13-14-41(2,3)4)19-37-24-12-11-22-15-26(38-18-21-9-7-6-8-10-21)29(28(30)25(22)16-24)32-17-27(33)31-40(32,34)35/h6-12,15-16,23H,5,13-14,17-20H2,1-4H3,(H,31,33). The highest BCUT2D eigenvalue weighted by molar-refractivity contribution is 7.92. The number of ether oxygens (including phenoxy) is 4. The summed E-state index contributed by atoms with van der Waals surface area (Å²) in [6, 6.07) is 16.7. The van der Waals surface area contributed by atoms with Gasteiger partial charge in [0.25, 0.3) is 5.91 Å². The Hall–Kier alpha value is -3.19. The summed E-state index contributed by atoms with van der Waals surface area (Å²) in [4.78, 5) is 12.0. The van der Waals surface area contributed by atoms with E-state index in [1.807, 2.05) is 42.0 Å². The first-order chi connectivity index (χ1) is 19.5. The molecule has 1 aliphatic rings. The highest BCUT2D eigenvalue weighted by Crippen LogP contribution is 2.40. The van der Waals surface area contributed by atoms with E-state index < -0.39 is 36.6 Å². The Balaban J connectivity index is 1.54. The van der Waals surface area contributed by atoms with E-state index in [1.165, 1.54) is 6.07 Å². The minimum Gasteiger partial charge on any atom is -0.491 e. The number of halogens is 1. The smallest absolute Gasteiger partial charge is 0.326 e. The van der Waals surface area contributed by atoms with E-state index in [2.05, 4.69) is 19.6 Å². The summed E-state index contributed by atoms with van der Waals surface area (Å²) in [6.07, 6.45) is 0.470. The second-order valence-corrected chi connectivity index (χ2v) is 18.3.